The van der Waals surface area contributed by atoms with Crippen LogP contribution in [0.1, 0.15) is 22.3 Å². The van der Waals surface area contributed by atoms with Crippen LogP contribution in [0.15, 0.2) is 256 Å². The van der Waals surface area contributed by atoms with Gasteiger partial charge in [-0.15, -0.1) is 0 Å². The zero-order valence-electron chi connectivity index (χ0n) is 49.0. The summed E-state index contributed by atoms with van der Waals surface area (Å²) in [6, 6.07) is 90.1. The number of aryl methyl sites for hydroxylation is 2. The Kier molecular flexibility index (Phi) is 9.81. The summed E-state index contributed by atoms with van der Waals surface area (Å²) in [6.45, 7) is 4.38. The molecule has 0 saturated carbocycles. The maximum atomic E-state index is 13.2. The molecule has 0 radical (unpaired) electrons. The van der Waals surface area contributed by atoms with Gasteiger partial charge >= 0.3 is 0 Å². The molecule has 0 unspecified atom stereocenters. The molecule has 422 valence electrons. The molecule has 0 aliphatic heterocycles. The molecule has 20 rings (SSSR count). The van der Waals surface area contributed by atoms with Crippen LogP contribution in [0.4, 0.5) is 0 Å². The number of hydrogen-bond donors (Lipinski definition) is 0. The Hall–Kier alpha value is -12.6. The molecular formula is C82H46N6O3. The summed E-state index contributed by atoms with van der Waals surface area (Å²) in [5.74, 6) is 0. The van der Waals surface area contributed by atoms with Crippen LogP contribution in [0.5, 0.6) is 0 Å². The second-order valence-corrected chi connectivity index (χ2v) is 24.0. The van der Waals surface area contributed by atoms with Crippen LogP contribution in [0.3, 0.4) is 0 Å². The van der Waals surface area contributed by atoms with Crippen LogP contribution in [0, 0.1) is 36.5 Å². The third-order valence-corrected chi connectivity index (χ3v) is 19.6. The molecule has 0 amide bonds. The molecular weight excluding hydrogens is 1120 g/mol. The number of nitriles is 2. The first-order valence-corrected chi connectivity index (χ1v) is 30.6. The number of rotatable bonds is 5. The zero-order chi connectivity index (χ0) is 60.1. The van der Waals surface area contributed by atoms with E-state index in [0.717, 1.165) is 170 Å². The number of hydrogen-bond acceptors (Lipinski definition) is 5. The minimum absolute atomic E-state index is 0.332. The van der Waals surface area contributed by atoms with Crippen molar-refractivity contribution in [2.45, 2.75) is 13.8 Å². The predicted molar refractivity (Wildman–Crippen MR) is 370 cm³/mol. The molecule has 0 aliphatic rings. The van der Waals surface area contributed by atoms with Gasteiger partial charge in [0.15, 0.2) is 0 Å². The first kappa shape index (κ1) is 49.5. The number of benzene rings is 13. The van der Waals surface area contributed by atoms with Gasteiger partial charge in [-0.25, -0.2) is 0 Å². The van der Waals surface area contributed by atoms with Gasteiger partial charge in [0.25, 0.3) is 0 Å². The van der Waals surface area contributed by atoms with Gasteiger partial charge in [0.05, 0.1) is 83.0 Å². The lowest BCUT2D eigenvalue weighted by molar-refractivity contribution is 0.672. The van der Waals surface area contributed by atoms with Gasteiger partial charge in [-0.2, -0.15) is 10.5 Å². The molecule has 7 aromatic heterocycles. The van der Waals surface area contributed by atoms with E-state index in [1.165, 1.54) is 5.56 Å². The molecule has 9 nitrogen and oxygen atoms in total. The van der Waals surface area contributed by atoms with Crippen LogP contribution in [0.25, 0.3) is 187 Å². The normalized spacial score (nSPS) is 12.3. The number of furan rings is 3. The monoisotopic (exact) mass is 1160 g/mol. The highest BCUT2D eigenvalue weighted by molar-refractivity contribution is 6.28. The van der Waals surface area contributed by atoms with Gasteiger partial charge in [-0.3, -0.25) is 0 Å². The zero-order valence-corrected chi connectivity index (χ0v) is 49.0. The topological polar surface area (TPSA) is 107 Å². The highest BCUT2D eigenvalue weighted by atomic mass is 16.3. The molecule has 0 fully saturated rings. The SMILES string of the molecule is Cc1ccccc1-c1ccc2c(c1C)c1ccccc1n2-c1c(C#N)c(-n2c3ccccc3c3c4oc5ccccc5c4ccc32)c(-n2c3ccccc3c3c4oc5ccccc5c4ccc32)c(C#N)c1-n1c2ccccc2c2c3oc4ccccc4c3ccc21. The fourth-order valence-electron chi connectivity index (χ4n) is 15.8. The molecule has 7 heterocycles. The van der Waals surface area contributed by atoms with Gasteiger partial charge in [0.2, 0.25) is 0 Å². The summed E-state index contributed by atoms with van der Waals surface area (Å²) in [6.07, 6.45) is 0. The van der Waals surface area contributed by atoms with Gasteiger partial charge in [-0.1, -0.05) is 158 Å². The van der Waals surface area contributed by atoms with Gasteiger partial charge in [0.1, 0.15) is 56.8 Å². The molecule has 0 aliphatic carbocycles. The molecule has 20 aromatic rings. The van der Waals surface area contributed by atoms with Gasteiger partial charge in [-0.05, 0) is 121 Å². The van der Waals surface area contributed by atoms with E-state index in [0.29, 0.717) is 33.9 Å². The van der Waals surface area contributed by atoms with Crippen molar-refractivity contribution in [3.63, 3.8) is 0 Å². The van der Waals surface area contributed by atoms with Crippen molar-refractivity contribution in [2.75, 3.05) is 0 Å². The van der Waals surface area contributed by atoms with Gasteiger partial charge < -0.3 is 31.5 Å². The van der Waals surface area contributed by atoms with Crippen LogP contribution in [0.2, 0.25) is 0 Å². The van der Waals surface area contributed by atoms with E-state index in [4.69, 9.17) is 13.3 Å². The van der Waals surface area contributed by atoms with Crippen LogP contribution in [-0.2, 0) is 0 Å². The second kappa shape index (κ2) is 18.0. The molecule has 0 N–H and O–H groups in total. The molecule has 13 aromatic carbocycles. The summed E-state index contributed by atoms with van der Waals surface area (Å²) in [7, 11) is 0. The summed E-state index contributed by atoms with van der Waals surface area (Å²) in [4.78, 5) is 0. The number of fused-ring (bicyclic) bond motifs is 24. The standard InChI is InChI=1S/C82H46N6O3/c1-45-19-3-4-20-47(45)48-35-39-65-72(46(48)2)55-24-5-12-28-61(55)85(65)76-59(43-83)78(87-63-30-14-7-26-57(63)74-67(87)41-37-53-50-22-10-17-33-70(50)90-81(53)74)79(88-64-31-15-8-27-58(64)75-68(88)42-38-54-51-23-11-18-34-71(51)91-82(54)75)60(44-84)77(76)86-62-29-13-6-25-56(62)73-66(86)40-36-52-49-21-9-16-32-69(49)89-80(52)73/h3-42H,1-2H3. The minimum atomic E-state index is 0.332. The summed E-state index contributed by atoms with van der Waals surface area (Å²) >= 11 is 0. The quantitative estimate of drug-likeness (QED) is 0.171. The maximum absolute atomic E-state index is 13.2. The minimum Gasteiger partial charge on any atom is -0.455 e. The summed E-state index contributed by atoms with van der Waals surface area (Å²) in [5.41, 5.74) is 18.5. The number of aromatic nitrogens is 4. The summed E-state index contributed by atoms with van der Waals surface area (Å²) in [5, 5.41) is 39.9. The lowest BCUT2D eigenvalue weighted by atomic mass is 9.93. The van der Waals surface area contributed by atoms with E-state index < -0.39 is 0 Å². The predicted octanol–water partition coefficient (Wildman–Crippen LogP) is 21.8. The van der Waals surface area contributed by atoms with Crippen LogP contribution in [-0.4, -0.2) is 18.3 Å². The molecule has 0 bridgehead atoms. The van der Waals surface area contributed by atoms with Crippen molar-refractivity contribution in [2.24, 2.45) is 0 Å². The Morgan fingerprint density at radius 1 is 0.264 bits per heavy atom. The largest absolute Gasteiger partial charge is 0.455 e. The second-order valence-electron chi connectivity index (χ2n) is 24.0. The summed E-state index contributed by atoms with van der Waals surface area (Å²) < 4.78 is 29.9. The van der Waals surface area contributed by atoms with Crippen molar-refractivity contribution in [1.82, 2.24) is 18.3 Å². The lowest BCUT2D eigenvalue weighted by Crippen LogP contribution is -2.16. The van der Waals surface area contributed by atoms with Crippen molar-refractivity contribution < 1.29 is 13.3 Å². The number of para-hydroxylation sites is 7. The molecule has 91 heavy (non-hydrogen) atoms. The highest BCUT2D eigenvalue weighted by Gasteiger charge is 2.36. The van der Waals surface area contributed by atoms with E-state index in [9.17, 15) is 10.5 Å². The Morgan fingerprint density at radius 2 is 0.560 bits per heavy atom. The average molecular weight is 1160 g/mol. The third kappa shape index (κ3) is 6.35. The highest BCUT2D eigenvalue weighted by Crippen LogP contribution is 2.52. The Balaban J connectivity index is 1.06. The van der Waals surface area contributed by atoms with Crippen molar-refractivity contribution in [3.8, 4) is 46.0 Å². The smallest absolute Gasteiger partial charge is 0.145 e. The van der Waals surface area contributed by atoms with Crippen molar-refractivity contribution in [3.05, 3.63) is 265 Å². The third-order valence-electron chi connectivity index (χ3n) is 19.6. The fourth-order valence-corrected chi connectivity index (χ4v) is 15.8. The molecule has 0 spiro atoms. The Morgan fingerprint density at radius 3 is 0.923 bits per heavy atom. The molecule has 0 saturated heterocycles. The molecule has 0 atom stereocenters. The van der Waals surface area contributed by atoms with Crippen molar-refractivity contribution >= 4 is 153 Å². The fraction of sp³-hybridized carbons (Fsp3) is 0.0244. The Bertz CT molecular complexity index is 6770. The lowest BCUT2D eigenvalue weighted by Gasteiger charge is -2.27. The van der Waals surface area contributed by atoms with Crippen LogP contribution < -0.4 is 0 Å². The van der Waals surface area contributed by atoms with E-state index in [-0.39, 0.29) is 0 Å². The first-order valence-electron chi connectivity index (χ1n) is 30.6. The van der Waals surface area contributed by atoms with Crippen molar-refractivity contribution in [1.29, 1.82) is 10.5 Å². The van der Waals surface area contributed by atoms with E-state index in [1.54, 1.807) is 0 Å². The Labute approximate surface area is 517 Å². The number of nitrogens with zero attached hydrogens (tertiary/aromatic N) is 6. The van der Waals surface area contributed by atoms with E-state index in [1.807, 2.05) is 54.6 Å². The van der Waals surface area contributed by atoms with Crippen LogP contribution >= 0.6 is 0 Å². The first-order chi connectivity index (χ1) is 45.0. The van der Waals surface area contributed by atoms with E-state index in [2.05, 4.69) is 232 Å². The van der Waals surface area contributed by atoms with E-state index >= 15 is 0 Å². The molecule has 9 heteroatoms. The maximum Gasteiger partial charge on any atom is 0.145 e. The average Bonchev–Trinajstić information content (AvgIpc) is 1.58. The van der Waals surface area contributed by atoms with Gasteiger partial charge in [0, 0.05) is 59.2 Å².